The van der Waals surface area contributed by atoms with Gasteiger partial charge in [-0.1, -0.05) is 30.6 Å². The predicted octanol–water partition coefficient (Wildman–Crippen LogP) is 3.24. The van der Waals surface area contributed by atoms with E-state index in [0.717, 1.165) is 19.4 Å². The van der Waals surface area contributed by atoms with Gasteiger partial charge < -0.3 is 9.84 Å². The minimum atomic E-state index is 0.0694. The van der Waals surface area contributed by atoms with Gasteiger partial charge in [0.15, 0.2) is 0 Å². The first-order chi connectivity index (χ1) is 9.58. The minimum absolute atomic E-state index is 0.0694. The Morgan fingerprint density at radius 2 is 2.30 bits per heavy atom. The Hall–Kier alpha value is -1.46. The maximum absolute atomic E-state index is 6.11. The molecule has 20 heavy (non-hydrogen) atoms. The normalized spacial score (nSPS) is 21.9. The van der Waals surface area contributed by atoms with Gasteiger partial charge in [-0.05, 0) is 36.9 Å². The van der Waals surface area contributed by atoms with E-state index in [1.54, 1.807) is 18.3 Å². The second kappa shape index (κ2) is 5.14. The number of hydrogen-bond donors (Lipinski definition) is 1. The second-order valence-electron chi connectivity index (χ2n) is 5.77. The number of nitrogens with zero attached hydrogens (tertiary/aromatic N) is 3. The lowest BCUT2D eigenvalue weighted by atomic mass is 9.77. The molecule has 1 saturated heterocycles. The summed E-state index contributed by atoms with van der Waals surface area (Å²) in [6.45, 7) is 5.39. The van der Waals surface area contributed by atoms with Gasteiger partial charge in [0.2, 0.25) is 11.7 Å². The van der Waals surface area contributed by atoms with Crippen LogP contribution in [0.25, 0.3) is 11.5 Å². The lowest BCUT2D eigenvalue weighted by Gasteiger charge is -2.36. The fourth-order valence-corrected chi connectivity index (χ4v) is 2.84. The van der Waals surface area contributed by atoms with Crippen LogP contribution < -0.4 is 5.32 Å². The zero-order chi connectivity index (χ0) is 14.2. The largest absolute Gasteiger partial charge is 0.337 e. The summed E-state index contributed by atoms with van der Waals surface area (Å²) >= 11 is 6.11. The summed E-state index contributed by atoms with van der Waals surface area (Å²) in [6.07, 6.45) is 3.96. The van der Waals surface area contributed by atoms with Crippen molar-refractivity contribution in [3.63, 3.8) is 0 Å². The van der Waals surface area contributed by atoms with E-state index in [2.05, 4.69) is 34.3 Å². The number of halogens is 1. The Balaban J connectivity index is 1.92. The van der Waals surface area contributed by atoms with Crippen LogP contribution in [0.1, 0.15) is 38.6 Å². The molecule has 0 bridgehead atoms. The molecule has 0 radical (unpaired) electrons. The highest BCUT2D eigenvalue weighted by Crippen LogP contribution is 2.39. The Kier molecular flexibility index (Phi) is 3.48. The third-order valence-electron chi connectivity index (χ3n) is 3.79. The van der Waals surface area contributed by atoms with Crippen LogP contribution >= 0.6 is 11.6 Å². The summed E-state index contributed by atoms with van der Waals surface area (Å²) in [5.41, 5.74) is 0.647. The average molecular weight is 293 g/mol. The quantitative estimate of drug-likeness (QED) is 0.920. The molecule has 5 nitrogen and oxygen atoms in total. The molecule has 0 aliphatic carbocycles. The standard InChI is InChI=1S/C14H17ClN4O/c1-14(2)6-4-8-17-11(14)13-18-12(19-20-13)10-9(15)5-3-7-16-10/h3,5,7,11,17H,4,6,8H2,1-2H3. The number of pyridine rings is 1. The van der Waals surface area contributed by atoms with Crippen LogP contribution in [0.4, 0.5) is 0 Å². The molecule has 1 fully saturated rings. The molecule has 0 saturated carbocycles. The molecule has 0 spiro atoms. The molecule has 1 aliphatic heterocycles. The molecular weight excluding hydrogens is 276 g/mol. The Bertz CT molecular complexity index is 611. The average Bonchev–Trinajstić information content (AvgIpc) is 2.88. The maximum Gasteiger partial charge on any atom is 0.244 e. The fraction of sp³-hybridized carbons (Fsp3) is 0.500. The highest BCUT2D eigenvalue weighted by atomic mass is 35.5. The van der Waals surface area contributed by atoms with Crippen LogP contribution in [0.5, 0.6) is 0 Å². The smallest absolute Gasteiger partial charge is 0.244 e. The van der Waals surface area contributed by atoms with Crippen LogP contribution in [0.2, 0.25) is 5.02 Å². The van der Waals surface area contributed by atoms with E-state index in [4.69, 9.17) is 16.1 Å². The summed E-state index contributed by atoms with van der Waals surface area (Å²) in [6, 6.07) is 3.61. The van der Waals surface area contributed by atoms with Gasteiger partial charge in [0, 0.05) is 6.20 Å². The minimum Gasteiger partial charge on any atom is -0.337 e. The third kappa shape index (κ3) is 2.43. The van der Waals surface area contributed by atoms with Crippen molar-refractivity contribution in [3.05, 3.63) is 29.2 Å². The number of nitrogens with one attached hydrogen (secondary N) is 1. The van der Waals surface area contributed by atoms with Crippen molar-refractivity contribution >= 4 is 11.6 Å². The van der Waals surface area contributed by atoms with Crippen LogP contribution in [-0.4, -0.2) is 21.7 Å². The molecule has 1 unspecified atom stereocenters. The summed E-state index contributed by atoms with van der Waals surface area (Å²) in [5, 5.41) is 7.99. The topological polar surface area (TPSA) is 63.8 Å². The van der Waals surface area contributed by atoms with E-state index < -0.39 is 0 Å². The van der Waals surface area contributed by atoms with Crippen molar-refractivity contribution in [2.75, 3.05) is 6.54 Å². The molecule has 3 rings (SSSR count). The van der Waals surface area contributed by atoms with Crippen molar-refractivity contribution < 1.29 is 4.52 Å². The molecule has 1 atom stereocenters. The fourth-order valence-electron chi connectivity index (χ4n) is 2.63. The first-order valence-electron chi connectivity index (χ1n) is 6.76. The first kappa shape index (κ1) is 13.5. The molecule has 3 heterocycles. The van der Waals surface area contributed by atoms with E-state index in [-0.39, 0.29) is 11.5 Å². The second-order valence-corrected chi connectivity index (χ2v) is 6.18. The Labute approximate surface area is 122 Å². The monoisotopic (exact) mass is 292 g/mol. The van der Waals surface area contributed by atoms with Crippen molar-refractivity contribution in [2.24, 2.45) is 5.41 Å². The molecule has 1 aliphatic rings. The first-order valence-corrected chi connectivity index (χ1v) is 7.13. The van der Waals surface area contributed by atoms with Crippen molar-refractivity contribution in [1.82, 2.24) is 20.4 Å². The third-order valence-corrected chi connectivity index (χ3v) is 4.09. The molecule has 0 amide bonds. The lowest BCUT2D eigenvalue weighted by molar-refractivity contribution is 0.146. The van der Waals surface area contributed by atoms with Gasteiger partial charge in [-0.15, -0.1) is 0 Å². The Morgan fingerprint density at radius 1 is 1.45 bits per heavy atom. The number of hydrogen-bond acceptors (Lipinski definition) is 5. The summed E-state index contributed by atoms with van der Waals surface area (Å²) in [4.78, 5) is 8.68. The SMILES string of the molecule is CC1(C)CCCNC1c1nc(-c2ncccc2Cl)no1. The molecule has 2 aromatic rings. The maximum atomic E-state index is 6.11. The zero-order valence-corrected chi connectivity index (χ0v) is 12.3. The van der Waals surface area contributed by atoms with Gasteiger partial charge >= 0.3 is 0 Å². The van der Waals surface area contributed by atoms with Gasteiger partial charge in [-0.25, -0.2) is 0 Å². The zero-order valence-electron chi connectivity index (χ0n) is 11.6. The van der Waals surface area contributed by atoms with Gasteiger partial charge in [-0.3, -0.25) is 4.98 Å². The van der Waals surface area contributed by atoms with Crippen molar-refractivity contribution in [1.29, 1.82) is 0 Å². The van der Waals surface area contributed by atoms with Crippen molar-refractivity contribution in [3.8, 4) is 11.5 Å². The van der Waals surface area contributed by atoms with E-state index in [9.17, 15) is 0 Å². The van der Waals surface area contributed by atoms with Crippen molar-refractivity contribution in [2.45, 2.75) is 32.7 Å². The predicted molar refractivity (Wildman–Crippen MR) is 76.3 cm³/mol. The van der Waals surface area contributed by atoms with E-state index in [1.807, 2.05) is 0 Å². The van der Waals surface area contributed by atoms with E-state index >= 15 is 0 Å². The van der Waals surface area contributed by atoms with Crippen LogP contribution in [0, 0.1) is 5.41 Å². The number of piperidine rings is 1. The summed E-state index contributed by atoms with van der Waals surface area (Å²) in [7, 11) is 0. The highest BCUT2D eigenvalue weighted by molar-refractivity contribution is 6.32. The number of aromatic nitrogens is 3. The molecule has 1 N–H and O–H groups in total. The summed E-state index contributed by atoms with van der Waals surface area (Å²) in [5.74, 6) is 1.04. The molecule has 0 aromatic carbocycles. The lowest BCUT2D eigenvalue weighted by Crippen LogP contribution is -2.39. The van der Waals surface area contributed by atoms with Crippen LogP contribution in [0.3, 0.4) is 0 Å². The van der Waals surface area contributed by atoms with Gasteiger partial charge in [0.25, 0.3) is 0 Å². The van der Waals surface area contributed by atoms with Gasteiger partial charge in [-0.2, -0.15) is 4.98 Å². The molecular formula is C14H17ClN4O. The summed E-state index contributed by atoms with van der Waals surface area (Å²) < 4.78 is 5.43. The van der Waals surface area contributed by atoms with Gasteiger partial charge in [0.1, 0.15) is 5.69 Å². The van der Waals surface area contributed by atoms with Crippen LogP contribution in [-0.2, 0) is 0 Å². The van der Waals surface area contributed by atoms with Crippen LogP contribution in [0.15, 0.2) is 22.9 Å². The molecule has 106 valence electrons. The molecule has 2 aromatic heterocycles. The molecule has 6 heteroatoms. The van der Waals surface area contributed by atoms with Gasteiger partial charge in [0.05, 0.1) is 11.1 Å². The van der Waals surface area contributed by atoms with E-state index in [0.29, 0.717) is 22.4 Å². The number of rotatable bonds is 2. The highest BCUT2D eigenvalue weighted by Gasteiger charge is 2.37. The van der Waals surface area contributed by atoms with E-state index in [1.165, 1.54) is 0 Å². The Morgan fingerprint density at radius 3 is 3.05 bits per heavy atom.